The van der Waals surface area contributed by atoms with Crippen LogP contribution in [-0.4, -0.2) is 42.1 Å². The minimum Gasteiger partial charge on any atom is -0.486 e. The highest BCUT2D eigenvalue weighted by Gasteiger charge is 2.20. The van der Waals surface area contributed by atoms with Gasteiger partial charge in [0.1, 0.15) is 23.1 Å². The Morgan fingerprint density at radius 3 is 2.87 bits per heavy atom. The molecular formula is C17H20N2O3S. The van der Waals surface area contributed by atoms with Crippen LogP contribution < -0.4 is 4.74 Å². The molecule has 5 nitrogen and oxygen atoms in total. The molecule has 1 saturated heterocycles. The molecule has 1 aromatic heterocycles. The van der Waals surface area contributed by atoms with E-state index in [0.29, 0.717) is 38.6 Å². The minimum atomic E-state index is -0.0256. The summed E-state index contributed by atoms with van der Waals surface area (Å²) in [6.07, 6.45) is 0. The molecule has 1 aliphatic rings. The van der Waals surface area contributed by atoms with E-state index in [4.69, 9.17) is 9.47 Å². The summed E-state index contributed by atoms with van der Waals surface area (Å²) in [6.45, 7) is 6.91. The van der Waals surface area contributed by atoms with Crippen LogP contribution in [0.4, 0.5) is 0 Å². The summed E-state index contributed by atoms with van der Waals surface area (Å²) < 4.78 is 11.1. The second kappa shape index (κ2) is 7.10. The third-order valence-corrected chi connectivity index (χ3v) is 4.57. The van der Waals surface area contributed by atoms with Crippen molar-refractivity contribution in [1.82, 2.24) is 9.88 Å². The van der Waals surface area contributed by atoms with Crippen LogP contribution in [0, 0.1) is 13.8 Å². The van der Waals surface area contributed by atoms with E-state index in [1.165, 1.54) is 16.9 Å². The molecule has 0 radical (unpaired) electrons. The number of amides is 1. The Bertz CT molecular complexity index is 693. The molecule has 1 aromatic carbocycles. The number of aromatic nitrogens is 1. The summed E-state index contributed by atoms with van der Waals surface area (Å²) in [5.74, 6) is 0.828. The van der Waals surface area contributed by atoms with Crippen molar-refractivity contribution >= 4 is 17.2 Å². The van der Waals surface area contributed by atoms with E-state index in [2.05, 4.69) is 18.0 Å². The molecule has 0 spiro atoms. The van der Waals surface area contributed by atoms with Crippen LogP contribution in [0.2, 0.25) is 0 Å². The van der Waals surface area contributed by atoms with Crippen LogP contribution in [0.15, 0.2) is 23.6 Å². The molecule has 0 atom stereocenters. The van der Waals surface area contributed by atoms with Gasteiger partial charge in [0.15, 0.2) is 0 Å². The molecule has 0 N–H and O–H groups in total. The Hall–Kier alpha value is -1.92. The van der Waals surface area contributed by atoms with Crippen LogP contribution in [-0.2, 0) is 11.3 Å². The lowest BCUT2D eigenvalue weighted by atomic mass is 10.1. The maximum atomic E-state index is 12.4. The molecule has 0 saturated carbocycles. The van der Waals surface area contributed by atoms with Gasteiger partial charge >= 0.3 is 0 Å². The normalized spacial score (nSPS) is 14.8. The zero-order valence-corrected chi connectivity index (χ0v) is 14.2. The Labute approximate surface area is 139 Å². The molecule has 2 aromatic rings. The van der Waals surface area contributed by atoms with Gasteiger partial charge in [-0.1, -0.05) is 17.7 Å². The Kier molecular flexibility index (Phi) is 4.93. The quantitative estimate of drug-likeness (QED) is 0.864. The molecule has 1 fully saturated rings. The maximum absolute atomic E-state index is 12.4. The van der Waals surface area contributed by atoms with Crippen molar-refractivity contribution in [1.29, 1.82) is 0 Å². The number of rotatable bonds is 4. The minimum absolute atomic E-state index is 0.0256. The number of aryl methyl sites for hydroxylation is 2. The first-order valence-corrected chi connectivity index (χ1v) is 8.53. The number of hydrogen-bond donors (Lipinski definition) is 0. The second-order valence-electron chi connectivity index (χ2n) is 5.59. The number of benzene rings is 1. The van der Waals surface area contributed by atoms with Crippen molar-refractivity contribution in [3.63, 3.8) is 0 Å². The van der Waals surface area contributed by atoms with E-state index in [1.54, 1.807) is 10.3 Å². The van der Waals surface area contributed by atoms with Crippen molar-refractivity contribution in [2.45, 2.75) is 20.5 Å². The zero-order chi connectivity index (χ0) is 16.2. The first-order chi connectivity index (χ1) is 11.1. The topological polar surface area (TPSA) is 51.7 Å². The molecule has 0 bridgehead atoms. The fourth-order valence-electron chi connectivity index (χ4n) is 2.50. The fraction of sp³-hybridized carbons (Fsp3) is 0.412. The average Bonchev–Trinajstić information content (AvgIpc) is 3.03. The largest absolute Gasteiger partial charge is 0.486 e. The standard InChI is InChI=1S/C17H20N2O3S/c1-12-3-4-15(13(2)9-12)22-10-16-18-14(11-23-16)17(20)19-5-7-21-8-6-19/h3-4,9,11H,5-8,10H2,1-2H3. The number of ether oxygens (including phenoxy) is 2. The zero-order valence-electron chi connectivity index (χ0n) is 13.4. The molecular weight excluding hydrogens is 312 g/mol. The van der Waals surface area contributed by atoms with Gasteiger partial charge in [-0.15, -0.1) is 11.3 Å². The molecule has 23 heavy (non-hydrogen) atoms. The molecule has 122 valence electrons. The third kappa shape index (κ3) is 3.89. The molecule has 6 heteroatoms. The maximum Gasteiger partial charge on any atom is 0.273 e. The molecule has 1 aliphatic heterocycles. The Balaban J connectivity index is 1.61. The number of morpholine rings is 1. The van der Waals surface area contributed by atoms with Crippen LogP contribution in [0.5, 0.6) is 5.75 Å². The highest BCUT2D eigenvalue weighted by molar-refractivity contribution is 7.09. The van der Waals surface area contributed by atoms with Gasteiger partial charge in [0, 0.05) is 18.5 Å². The van der Waals surface area contributed by atoms with Crippen LogP contribution >= 0.6 is 11.3 Å². The number of thiazole rings is 1. The van der Waals surface area contributed by atoms with E-state index in [1.807, 2.05) is 19.1 Å². The van der Waals surface area contributed by atoms with Gasteiger partial charge in [-0.25, -0.2) is 4.98 Å². The molecule has 2 heterocycles. The lowest BCUT2D eigenvalue weighted by Gasteiger charge is -2.25. The van der Waals surface area contributed by atoms with Crippen LogP contribution in [0.1, 0.15) is 26.6 Å². The van der Waals surface area contributed by atoms with Gasteiger partial charge in [-0.05, 0) is 25.5 Å². The number of carbonyl (C=O) groups is 1. The lowest BCUT2D eigenvalue weighted by Crippen LogP contribution is -2.40. The van der Waals surface area contributed by atoms with E-state index in [-0.39, 0.29) is 5.91 Å². The Morgan fingerprint density at radius 2 is 2.13 bits per heavy atom. The number of hydrogen-bond acceptors (Lipinski definition) is 5. The first kappa shape index (κ1) is 16.0. The summed E-state index contributed by atoms with van der Waals surface area (Å²) in [5.41, 5.74) is 2.81. The van der Waals surface area contributed by atoms with Gasteiger partial charge in [-0.3, -0.25) is 4.79 Å². The van der Waals surface area contributed by atoms with E-state index < -0.39 is 0 Å². The molecule has 0 aliphatic carbocycles. The molecule has 1 amide bonds. The summed E-state index contributed by atoms with van der Waals surface area (Å²) in [7, 11) is 0. The molecule has 0 unspecified atom stereocenters. The lowest BCUT2D eigenvalue weighted by molar-refractivity contribution is 0.0299. The van der Waals surface area contributed by atoms with Gasteiger partial charge in [0.2, 0.25) is 0 Å². The average molecular weight is 332 g/mol. The summed E-state index contributed by atoms with van der Waals surface area (Å²) in [4.78, 5) is 18.5. The van der Waals surface area contributed by atoms with E-state index in [9.17, 15) is 4.79 Å². The van der Waals surface area contributed by atoms with Crippen LogP contribution in [0.3, 0.4) is 0 Å². The fourth-order valence-corrected chi connectivity index (χ4v) is 3.18. The highest BCUT2D eigenvalue weighted by Crippen LogP contribution is 2.21. The SMILES string of the molecule is Cc1ccc(OCc2nc(C(=O)N3CCOCC3)cs2)c(C)c1. The van der Waals surface area contributed by atoms with Gasteiger partial charge in [-0.2, -0.15) is 0 Å². The molecule has 3 rings (SSSR count). The van der Waals surface area contributed by atoms with Crippen molar-refractivity contribution in [2.75, 3.05) is 26.3 Å². The third-order valence-electron chi connectivity index (χ3n) is 3.75. The summed E-state index contributed by atoms with van der Waals surface area (Å²) in [5, 5.41) is 2.61. The van der Waals surface area contributed by atoms with Crippen molar-refractivity contribution < 1.29 is 14.3 Å². The number of carbonyl (C=O) groups excluding carboxylic acids is 1. The highest BCUT2D eigenvalue weighted by atomic mass is 32.1. The van der Waals surface area contributed by atoms with Gasteiger partial charge in [0.25, 0.3) is 5.91 Å². The van der Waals surface area contributed by atoms with Crippen molar-refractivity contribution in [3.8, 4) is 5.75 Å². The monoisotopic (exact) mass is 332 g/mol. The summed E-state index contributed by atoms with van der Waals surface area (Å²) >= 11 is 1.46. The predicted octanol–water partition coefficient (Wildman–Crippen LogP) is 2.81. The summed E-state index contributed by atoms with van der Waals surface area (Å²) in [6, 6.07) is 6.08. The van der Waals surface area contributed by atoms with E-state index in [0.717, 1.165) is 16.3 Å². The van der Waals surface area contributed by atoms with Gasteiger partial charge in [0.05, 0.1) is 13.2 Å². The second-order valence-corrected chi connectivity index (χ2v) is 6.53. The first-order valence-electron chi connectivity index (χ1n) is 7.65. The van der Waals surface area contributed by atoms with Gasteiger partial charge < -0.3 is 14.4 Å². The van der Waals surface area contributed by atoms with Crippen LogP contribution in [0.25, 0.3) is 0 Å². The van der Waals surface area contributed by atoms with Crippen molar-refractivity contribution in [3.05, 3.63) is 45.4 Å². The van der Waals surface area contributed by atoms with E-state index >= 15 is 0 Å². The van der Waals surface area contributed by atoms with Crippen molar-refractivity contribution in [2.24, 2.45) is 0 Å². The smallest absolute Gasteiger partial charge is 0.273 e. The predicted molar refractivity (Wildman–Crippen MR) is 89.1 cm³/mol. The Morgan fingerprint density at radius 1 is 1.35 bits per heavy atom. The number of nitrogens with zero attached hydrogens (tertiary/aromatic N) is 2.